The fourth-order valence-electron chi connectivity index (χ4n) is 3.26. The molecule has 1 fully saturated rings. The number of aromatic nitrogens is 1. The van der Waals surface area contributed by atoms with Gasteiger partial charge in [-0.1, -0.05) is 35.9 Å². The summed E-state index contributed by atoms with van der Waals surface area (Å²) >= 11 is 7.67. The van der Waals surface area contributed by atoms with Gasteiger partial charge in [0.15, 0.2) is 0 Å². The zero-order valence-electron chi connectivity index (χ0n) is 15.0. The number of amides is 1. The summed E-state index contributed by atoms with van der Waals surface area (Å²) in [5, 5.41) is 8.21. The first-order valence-corrected chi connectivity index (χ1v) is 10.5. The molecule has 1 amide bonds. The van der Waals surface area contributed by atoms with Crippen molar-refractivity contribution < 1.29 is 4.79 Å². The molecule has 1 aliphatic rings. The lowest BCUT2D eigenvalue weighted by atomic mass is 10.0. The molecule has 0 saturated heterocycles. The van der Waals surface area contributed by atoms with Crippen LogP contribution in [0, 0.1) is 5.92 Å². The zero-order valence-corrected chi connectivity index (χ0v) is 16.5. The second-order valence-corrected chi connectivity index (χ2v) is 8.47. The summed E-state index contributed by atoms with van der Waals surface area (Å²) in [6, 6.07) is 16.2. The quantitative estimate of drug-likeness (QED) is 0.592. The molecule has 1 aliphatic carbocycles. The number of para-hydroxylation sites is 1. The predicted molar refractivity (Wildman–Crippen MR) is 111 cm³/mol. The standard InChI is InChI=1S/C21H22ClN3OS/c22-16-9-7-15(8-10-16)21(14-5-6-14)24-13-19(26)23-12-11-20-25-17-3-1-2-4-18(17)27-20/h1-4,7-10,14,21,24H,5-6,11-13H2,(H,23,26). The number of carbonyl (C=O) groups excluding carboxylic acids is 1. The van der Waals surface area contributed by atoms with Gasteiger partial charge in [0, 0.05) is 24.0 Å². The lowest BCUT2D eigenvalue weighted by Gasteiger charge is -2.18. The van der Waals surface area contributed by atoms with Crippen LogP contribution in [0.4, 0.5) is 0 Å². The van der Waals surface area contributed by atoms with Crippen molar-refractivity contribution in [1.82, 2.24) is 15.6 Å². The number of nitrogens with zero attached hydrogens (tertiary/aromatic N) is 1. The van der Waals surface area contributed by atoms with E-state index in [9.17, 15) is 4.79 Å². The number of hydrogen-bond donors (Lipinski definition) is 2. The first-order valence-electron chi connectivity index (χ1n) is 9.29. The molecule has 1 saturated carbocycles. The Morgan fingerprint density at radius 1 is 1.19 bits per heavy atom. The summed E-state index contributed by atoms with van der Waals surface area (Å²) in [6.45, 7) is 0.930. The largest absolute Gasteiger partial charge is 0.355 e. The molecule has 0 spiro atoms. The van der Waals surface area contributed by atoms with Crippen molar-refractivity contribution in [3.05, 3.63) is 64.1 Å². The van der Waals surface area contributed by atoms with E-state index in [4.69, 9.17) is 11.6 Å². The SMILES string of the molecule is O=C(CNC(c1ccc(Cl)cc1)C1CC1)NCCc1nc2ccccc2s1. The van der Waals surface area contributed by atoms with Crippen LogP contribution in [0.3, 0.4) is 0 Å². The topological polar surface area (TPSA) is 54.0 Å². The van der Waals surface area contributed by atoms with Crippen LogP contribution in [0.15, 0.2) is 48.5 Å². The van der Waals surface area contributed by atoms with Crippen molar-refractivity contribution in [1.29, 1.82) is 0 Å². The van der Waals surface area contributed by atoms with Gasteiger partial charge in [0.05, 0.1) is 21.8 Å². The van der Waals surface area contributed by atoms with Crippen molar-refractivity contribution in [2.24, 2.45) is 5.92 Å². The maximum absolute atomic E-state index is 12.2. The summed E-state index contributed by atoms with van der Waals surface area (Å²) in [5.74, 6) is 0.637. The lowest BCUT2D eigenvalue weighted by molar-refractivity contribution is -0.120. The second-order valence-electron chi connectivity index (χ2n) is 6.92. The van der Waals surface area contributed by atoms with E-state index in [1.807, 2.05) is 42.5 Å². The number of thiazole rings is 1. The number of nitrogens with one attached hydrogen (secondary N) is 2. The summed E-state index contributed by atoms with van der Waals surface area (Å²) in [4.78, 5) is 16.8. The zero-order chi connectivity index (χ0) is 18.6. The highest BCUT2D eigenvalue weighted by Crippen LogP contribution is 2.41. The summed E-state index contributed by atoms with van der Waals surface area (Å²) in [5.41, 5.74) is 2.23. The van der Waals surface area contributed by atoms with Gasteiger partial charge in [-0.15, -0.1) is 11.3 Å². The van der Waals surface area contributed by atoms with Gasteiger partial charge in [-0.05, 0) is 48.6 Å². The minimum atomic E-state index is 0.0238. The number of benzene rings is 2. The average Bonchev–Trinajstić information content (AvgIpc) is 3.42. The number of fused-ring (bicyclic) bond motifs is 1. The van der Waals surface area contributed by atoms with E-state index in [-0.39, 0.29) is 11.9 Å². The number of carbonyl (C=O) groups is 1. The van der Waals surface area contributed by atoms with Gasteiger partial charge in [0.2, 0.25) is 5.91 Å². The van der Waals surface area contributed by atoms with Crippen molar-refractivity contribution in [2.45, 2.75) is 25.3 Å². The van der Waals surface area contributed by atoms with Gasteiger partial charge in [0.1, 0.15) is 0 Å². The molecule has 1 heterocycles. The Hall–Kier alpha value is -1.95. The van der Waals surface area contributed by atoms with Gasteiger partial charge in [0.25, 0.3) is 0 Å². The van der Waals surface area contributed by atoms with E-state index in [0.29, 0.717) is 19.0 Å². The van der Waals surface area contributed by atoms with Crippen LogP contribution < -0.4 is 10.6 Å². The molecular weight excluding hydrogens is 378 g/mol. The van der Waals surface area contributed by atoms with Gasteiger partial charge < -0.3 is 10.6 Å². The van der Waals surface area contributed by atoms with Crippen LogP contribution in [-0.4, -0.2) is 24.0 Å². The van der Waals surface area contributed by atoms with Gasteiger partial charge in [-0.25, -0.2) is 4.98 Å². The maximum Gasteiger partial charge on any atom is 0.233 e. The van der Waals surface area contributed by atoms with Crippen LogP contribution in [0.25, 0.3) is 10.2 Å². The van der Waals surface area contributed by atoms with Crippen LogP contribution in [-0.2, 0) is 11.2 Å². The fraction of sp³-hybridized carbons (Fsp3) is 0.333. The van der Waals surface area contributed by atoms with Gasteiger partial charge in [-0.2, -0.15) is 0 Å². The first kappa shape index (κ1) is 18.4. The first-order chi connectivity index (χ1) is 13.2. The second kappa shape index (κ2) is 8.38. The molecule has 0 bridgehead atoms. The van der Waals surface area contributed by atoms with Crippen LogP contribution in [0.5, 0.6) is 0 Å². The molecule has 0 radical (unpaired) electrons. The number of rotatable bonds is 8. The minimum absolute atomic E-state index is 0.0238. The van der Waals surface area contributed by atoms with E-state index in [1.54, 1.807) is 11.3 Å². The Labute approximate surface area is 168 Å². The van der Waals surface area contributed by atoms with Gasteiger partial charge >= 0.3 is 0 Å². The summed E-state index contributed by atoms with van der Waals surface area (Å²) in [6.07, 6.45) is 3.17. The highest BCUT2D eigenvalue weighted by Gasteiger charge is 2.32. The molecule has 4 nitrogen and oxygen atoms in total. The molecule has 1 atom stereocenters. The molecular formula is C21H22ClN3OS. The molecule has 4 rings (SSSR count). The van der Waals surface area contributed by atoms with Crippen LogP contribution >= 0.6 is 22.9 Å². The fourth-order valence-corrected chi connectivity index (χ4v) is 4.35. The highest BCUT2D eigenvalue weighted by atomic mass is 35.5. The van der Waals surface area contributed by atoms with Crippen LogP contribution in [0.2, 0.25) is 5.02 Å². The lowest BCUT2D eigenvalue weighted by Crippen LogP contribution is -2.37. The van der Waals surface area contributed by atoms with E-state index in [1.165, 1.54) is 23.1 Å². The van der Waals surface area contributed by atoms with Crippen molar-refractivity contribution in [2.75, 3.05) is 13.1 Å². The summed E-state index contributed by atoms with van der Waals surface area (Å²) in [7, 11) is 0. The predicted octanol–water partition coefficient (Wildman–Crippen LogP) is 4.35. The summed E-state index contributed by atoms with van der Waals surface area (Å²) < 4.78 is 1.19. The monoisotopic (exact) mass is 399 g/mol. The number of halogens is 1. The molecule has 6 heteroatoms. The third kappa shape index (κ3) is 4.86. The smallest absolute Gasteiger partial charge is 0.233 e. The molecule has 3 aromatic rings. The minimum Gasteiger partial charge on any atom is -0.355 e. The molecule has 1 aromatic heterocycles. The third-order valence-electron chi connectivity index (χ3n) is 4.80. The highest BCUT2D eigenvalue weighted by molar-refractivity contribution is 7.18. The van der Waals surface area contributed by atoms with Crippen molar-refractivity contribution >= 4 is 39.1 Å². The third-order valence-corrected chi connectivity index (χ3v) is 6.15. The van der Waals surface area contributed by atoms with Crippen molar-refractivity contribution in [3.63, 3.8) is 0 Å². The molecule has 0 aliphatic heterocycles. The molecule has 1 unspecified atom stereocenters. The number of hydrogen-bond acceptors (Lipinski definition) is 4. The Morgan fingerprint density at radius 3 is 2.70 bits per heavy atom. The molecule has 2 N–H and O–H groups in total. The van der Waals surface area contributed by atoms with Gasteiger partial charge in [-0.3, -0.25) is 4.79 Å². The Morgan fingerprint density at radius 2 is 1.96 bits per heavy atom. The molecule has 2 aromatic carbocycles. The van der Waals surface area contributed by atoms with Crippen LogP contribution in [0.1, 0.15) is 29.5 Å². The Kier molecular flexibility index (Phi) is 5.72. The maximum atomic E-state index is 12.2. The van der Waals surface area contributed by atoms with E-state index in [0.717, 1.165) is 22.0 Å². The van der Waals surface area contributed by atoms with Crippen molar-refractivity contribution in [3.8, 4) is 0 Å². The molecule has 140 valence electrons. The Bertz CT molecular complexity index is 888. The average molecular weight is 400 g/mol. The normalized spacial score (nSPS) is 15.0. The molecule has 27 heavy (non-hydrogen) atoms. The van der Waals surface area contributed by atoms with E-state index >= 15 is 0 Å². The van der Waals surface area contributed by atoms with E-state index in [2.05, 4.69) is 21.7 Å². The Balaban J connectivity index is 1.25. The van der Waals surface area contributed by atoms with E-state index < -0.39 is 0 Å².